The van der Waals surface area contributed by atoms with Gasteiger partial charge in [-0.15, -0.1) is 0 Å². The van der Waals surface area contributed by atoms with Crippen LogP contribution in [0.25, 0.3) is 0 Å². The van der Waals surface area contributed by atoms with E-state index in [9.17, 15) is 4.79 Å². The van der Waals surface area contributed by atoms with Crippen molar-refractivity contribution in [3.05, 3.63) is 35.4 Å². The second-order valence-electron chi connectivity index (χ2n) is 4.99. The van der Waals surface area contributed by atoms with E-state index < -0.39 is 0 Å². The van der Waals surface area contributed by atoms with Crippen LogP contribution in [0.4, 0.5) is 0 Å². The molecule has 1 aliphatic rings. The molecule has 0 spiro atoms. The van der Waals surface area contributed by atoms with Crippen LogP contribution in [0.15, 0.2) is 24.3 Å². The normalized spacial score (nSPS) is 18.3. The lowest BCUT2D eigenvalue weighted by Crippen LogP contribution is -2.39. The Balaban J connectivity index is 2.10. The second-order valence-corrected chi connectivity index (χ2v) is 4.99. The number of nitriles is 1. The van der Waals surface area contributed by atoms with Crippen molar-refractivity contribution in [2.24, 2.45) is 0 Å². The number of hydrogen-bond acceptors (Lipinski definition) is 3. The third-order valence-corrected chi connectivity index (χ3v) is 3.64. The number of rotatable bonds is 4. The summed E-state index contributed by atoms with van der Waals surface area (Å²) in [5.41, 5.74) is 0.910. The monoisotopic (exact) mass is 272 g/mol. The molecule has 1 heterocycles. The van der Waals surface area contributed by atoms with Crippen molar-refractivity contribution < 1.29 is 9.53 Å². The zero-order valence-electron chi connectivity index (χ0n) is 11.8. The summed E-state index contributed by atoms with van der Waals surface area (Å²) in [6.45, 7) is 3.97. The number of amides is 1. The van der Waals surface area contributed by atoms with Gasteiger partial charge in [0.2, 0.25) is 0 Å². The minimum atomic E-state index is -0.0844. The molecule has 106 valence electrons. The maximum absolute atomic E-state index is 12.5. The molecule has 0 aliphatic carbocycles. The van der Waals surface area contributed by atoms with Crippen LogP contribution in [-0.4, -0.2) is 36.6 Å². The van der Waals surface area contributed by atoms with Gasteiger partial charge in [0.25, 0.3) is 5.91 Å². The Labute approximate surface area is 120 Å². The van der Waals surface area contributed by atoms with Gasteiger partial charge in [0, 0.05) is 19.7 Å². The summed E-state index contributed by atoms with van der Waals surface area (Å²) in [5.74, 6) is -0.0844. The van der Waals surface area contributed by atoms with Gasteiger partial charge in [-0.2, -0.15) is 5.26 Å². The molecular formula is C16H20N2O2. The summed E-state index contributed by atoms with van der Waals surface area (Å²) in [5, 5.41) is 9.10. The lowest BCUT2D eigenvalue weighted by atomic mass is 10.1. The third kappa shape index (κ3) is 3.37. The Morgan fingerprint density at radius 1 is 1.45 bits per heavy atom. The smallest absolute Gasteiger partial charge is 0.255 e. The molecule has 0 radical (unpaired) electrons. The Hall–Kier alpha value is -1.86. The number of benzene rings is 1. The van der Waals surface area contributed by atoms with Gasteiger partial charge < -0.3 is 9.64 Å². The van der Waals surface area contributed by atoms with Crippen LogP contribution in [0.3, 0.4) is 0 Å². The first kappa shape index (κ1) is 14.5. The van der Waals surface area contributed by atoms with E-state index in [2.05, 4.69) is 6.07 Å². The van der Waals surface area contributed by atoms with Crippen LogP contribution < -0.4 is 0 Å². The average molecular weight is 272 g/mol. The van der Waals surface area contributed by atoms with Crippen LogP contribution >= 0.6 is 0 Å². The molecule has 0 saturated carbocycles. The SMILES string of the molecule is CCN(C[C@@H]1CCCCO1)C(=O)c1ccccc1C#N. The Morgan fingerprint density at radius 2 is 2.25 bits per heavy atom. The summed E-state index contributed by atoms with van der Waals surface area (Å²) in [6, 6.07) is 9.04. The van der Waals surface area contributed by atoms with Gasteiger partial charge in [-0.1, -0.05) is 12.1 Å². The van der Waals surface area contributed by atoms with Gasteiger partial charge in [0.1, 0.15) is 0 Å². The second kappa shape index (κ2) is 7.06. The molecule has 4 nitrogen and oxygen atoms in total. The first-order valence-corrected chi connectivity index (χ1v) is 7.16. The fourth-order valence-corrected chi connectivity index (χ4v) is 2.49. The van der Waals surface area contributed by atoms with E-state index in [0.29, 0.717) is 24.2 Å². The van der Waals surface area contributed by atoms with Gasteiger partial charge in [-0.3, -0.25) is 4.79 Å². The van der Waals surface area contributed by atoms with E-state index in [1.54, 1.807) is 29.2 Å². The van der Waals surface area contributed by atoms with Crippen LogP contribution in [0, 0.1) is 11.3 Å². The zero-order chi connectivity index (χ0) is 14.4. The molecule has 1 aromatic carbocycles. The van der Waals surface area contributed by atoms with Crippen molar-refractivity contribution in [2.45, 2.75) is 32.3 Å². The summed E-state index contributed by atoms with van der Waals surface area (Å²) < 4.78 is 5.69. The number of nitrogens with zero attached hydrogens (tertiary/aromatic N) is 2. The first-order chi connectivity index (χ1) is 9.76. The Bertz CT molecular complexity index is 501. The minimum absolute atomic E-state index is 0.0844. The highest BCUT2D eigenvalue weighted by Gasteiger charge is 2.22. The topological polar surface area (TPSA) is 53.3 Å². The lowest BCUT2D eigenvalue weighted by molar-refractivity contribution is -0.00312. The summed E-state index contributed by atoms with van der Waals surface area (Å²) in [6.07, 6.45) is 3.39. The summed E-state index contributed by atoms with van der Waals surface area (Å²) >= 11 is 0. The van der Waals surface area contributed by atoms with Crippen LogP contribution in [0.5, 0.6) is 0 Å². The molecule has 1 aromatic rings. The van der Waals surface area contributed by atoms with E-state index in [4.69, 9.17) is 10.00 Å². The van der Waals surface area contributed by atoms with Crippen molar-refractivity contribution >= 4 is 5.91 Å². The number of carbonyl (C=O) groups is 1. The highest BCUT2D eigenvalue weighted by Crippen LogP contribution is 2.16. The molecule has 1 atom stereocenters. The number of hydrogen-bond donors (Lipinski definition) is 0. The number of carbonyl (C=O) groups excluding carboxylic acids is 1. The minimum Gasteiger partial charge on any atom is -0.376 e. The number of ether oxygens (including phenoxy) is 1. The summed E-state index contributed by atoms with van der Waals surface area (Å²) in [4.78, 5) is 14.3. The predicted octanol–water partition coefficient (Wildman–Crippen LogP) is 2.59. The standard InChI is InChI=1S/C16H20N2O2/c1-2-18(12-14-8-5-6-10-20-14)16(19)15-9-4-3-7-13(15)11-17/h3-4,7,9,14H,2,5-6,8,10,12H2,1H3/t14-/m0/s1. The molecule has 1 fully saturated rings. The molecule has 0 unspecified atom stereocenters. The fourth-order valence-electron chi connectivity index (χ4n) is 2.49. The molecule has 1 aliphatic heterocycles. The highest BCUT2D eigenvalue weighted by molar-refractivity contribution is 5.96. The highest BCUT2D eigenvalue weighted by atomic mass is 16.5. The quantitative estimate of drug-likeness (QED) is 0.846. The van der Waals surface area contributed by atoms with E-state index in [0.717, 1.165) is 25.9 Å². The lowest BCUT2D eigenvalue weighted by Gasteiger charge is -2.29. The molecule has 1 saturated heterocycles. The third-order valence-electron chi connectivity index (χ3n) is 3.64. The van der Waals surface area contributed by atoms with Gasteiger partial charge in [0.05, 0.1) is 23.3 Å². The summed E-state index contributed by atoms with van der Waals surface area (Å²) in [7, 11) is 0. The fraction of sp³-hybridized carbons (Fsp3) is 0.500. The van der Waals surface area contributed by atoms with E-state index in [-0.39, 0.29) is 12.0 Å². The zero-order valence-corrected chi connectivity index (χ0v) is 11.8. The first-order valence-electron chi connectivity index (χ1n) is 7.16. The maximum atomic E-state index is 12.5. The van der Waals surface area contributed by atoms with Crippen molar-refractivity contribution in [2.75, 3.05) is 19.7 Å². The van der Waals surface area contributed by atoms with Crippen LogP contribution in [-0.2, 0) is 4.74 Å². The predicted molar refractivity (Wildman–Crippen MR) is 76.3 cm³/mol. The van der Waals surface area contributed by atoms with E-state index in [1.807, 2.05) is 6.92 Å². The van der Waals surface area contributed by atoms with Crippen LogP contribution in [0.2, 0.25) is 0 Å². The van der Waals surface area contributed by atoms with Crippen LogP contribution in [0.1, 0.15) is 42.1 Å². The molecule has 4 heteroatoms. The molecule has 0 N–H and O–H groups in total. The Morgan fingerprint density at radius 3 is 2.90 bits per heavy atom. The Kier molecular flexibility index (Phi) is 5.14. The van der Waals surface area contributed by atoms with Gasteiger partial charge >= 0.3 is 0 Å². The average Bonchev–Trinajstić information content (AvgIpc) is 2.53. The molecule has 0 aromatic heterocycles. The molecule has 2 rings (SSSR count). The van der Waals surface area contributed by atoms with E-state index >= 15 is 0 Å². The number of likely N-dealkylation sites (N-methyl/N-ethyl adjacent to an activating group) is 1. The molecule has 20 heavy (non-hydrogen) atoms. The van der Waals surface area contributed by atoms with Gasteiger partial charge in [-0.25, -0.2) is 0 Å². The van der Waals surface area contributed by atoms with Crippen molar-refractivity contribution in [1.82, 2.24) is 4.90 Å². The van der Waals surface area contributed by atoms with Crippen molar-refractivity contribution in [3.63, 3.8) is 0 Å². The largest absolute Gasteiger partial charge is 0.376 e. The van der Waals surface area contributed by atoms with Crippen molar-refractivity contribution in [3.8, 4) is 6.07 Å². The molecule has 1 amide bonds. The maximum Gasteiger partial charge on any atom is 0.255 e. The van der Waals surface area contributed by atoms with E-state index in [1.165, 1.54) is 0 Å². The van der Waals surface area contributed by atoms with Gasteiger partial charge in [0.15, 0.2) is 0 Å². The van der Waals surface area contributed by atoms with Gasteiger partial charge in [-0.05, 0) is 38.3 Å². The van der Waals surface area contributed by atoms with Crippen molar-refractivity contribution in [1.29, 1.82) is 5.26 Å². The molecule has 0 bridgehead atoms. The molecular weight excluding hydrogens is 252 g/mol.